The van der Waals surface area contributed by atoms with Gasteiger partial charge in [-0.3, -0.25) is 0 Å². The van der Waals surface area contributed by atoms with E-state index in [1.807, 2.05) is 49.4 Å². The van der Waals surface area contributed by atoms with Crippen molar-refractivity contribution < 1.29 is 9.47 Å². The van der Waals surface area contributed by atoms with E-state index in [1.54, 1.807) is 0 Å². The minimum absolute atomic E-state index is 0.544. The van der Waals surface area contributed by atoms with Crippen LogP contribution in [0, 0.1) is 0 Å². The number of ether oxygens (including phenoxy) is 2. The van der Waals surface area contributed by atoms with E-state index in [2.05, 4.69) is 4.98 Å². The van der Waals surface area contributed by atoms with Crippen LogP contribution in [0.15, 0.2) is 42.5 Å². The number of fused-ring (bicyclic) bond motifs is 1. The van der Waals surface area contributed by atoms with Crippen molar-refractivity contribution in [3.8, 4) is 17.2 Å². The van der Waals surface area contributed by atoms with E-state index in [0.29, 0.717) is 17.5 Å². The second-order valence-electron chi connectivity index (χ2n) is 4.16. The van der Waals surface area contributed by atoms with Gasteiger partial charge in [0.25, 0.3) is 0 Å². The molecule has 1 heterocycles. The third-order valence-corrected chi connectivity index (χ3v) is 3.61. The van der Waals surface area contributed by atoms with Gasteiger partial charge < -0.3 is 15.2 Å². The molecule has 102 valence electrons. The van der Waals surface area contributed by atoms with Crippen molar-refractivity contribution in [2.45, 2.75) is 6.92 Å². The van der Waals surface area contributed by atoms with E-state index in [4.69, 9.17) is 15.2 Å². The first kappa shape index (κ1) is 12.7. The summed E-state index contributed by atoms with van der Waals surface area (Å²) in [5, 5.41) is 0.544. The highest BCUT2D eigenvalue weighted by Gasteiger charge is 2.08. The third kappa shape index (κ3) is 2.53. The first-order valence-corrected chi connectivity index (χ1v) is 7.13. The highest BCUT2D eigenvalue weighted by atomic mass is 32.1. The molecule has 0 unspecified atom stereocenters. The second-order valence-corrected chi connectivity index (χ2v) is 5.22. The molecule has 0 saturated heterocycles. The molecule has 0 aliphatic carbocycles. The van der Waals surface area contributed by atoms with Crippen LogP contribution in [0.1, 0.15) is 6.92 Å². The minimum atomic E-state index is 0.544. The average molecular weight is 286 g/mol. The van der Waals surface area contributed by atoms with E-state index < -0.39 is 0 Å². The molecule has 20 heavy (non-hydrogen) atoms. The maximum absolute atomic E-state index is 5.87. The molecule has 0 atom stereocenters. The van der Waals surface area contributed by atoms with Crippen LogP contribution in [0.3, 0.4) is 0 Å². The number of hydrogen-bond donors (Lipinski definition) is 1. The third-order valence-electron chi connectivity index (χ3n) is 2.76. The Labute approximate surface area is 120 Å². The molecule has 5 heteroatoms. The number of aromatic nitrogens is 1. The first-order chi connectivity index (χ1) is 9.76. The average Bonchev–Trinajstić information content (AvgIpc) is 2.83. The number of thiazole rings is 1. The Morgan fingerprint density at radius 3 is 2.60 bits per heavy atom. The molecule has 0 radical (unpaired) electrons. The molecule has 4 nitrogen and oxygen atoms in total. The molecule has 2 aromatic carbocycles. The van der Waals surface area contributed by atoms with Crippen LogP contribution in [0.2, 0.25) is 0 Å². The van der Waals surface area contributed by atoms with Gasteiger partial charge in [0.05, 0.1) is 11.3 Å². The normalized spacial score (nSPS) is 10.7. The Hall–Kier alpha value is -2.27. The maximum Gasteiger partial charge on any atom is 0.181 e. The van der Waals surface area contributed by atoms with Gasteiger partial charge in [-0.25, -0.2) is 4.98 Å². The van der Waals surface area contributed by atoms with Gasteiger partial charge >= 0.3 is 0 Å². The van der Waals surface area contributed by atoms with E-state index in [0.717, 1.165) is 21.7 Å². The topological polar surface area (TPSA) is 57.4 Å². The molecule has 0 aliphatic heterocycles. The van der Waals surface area contributed by atoms with E-state index >= 15 is 0 Å². The molecule has 0 bridgehead atoms. The van der Waals surface area contributed by atoms with Gasteiger partial charge in [0.1, 0.15) is 17.0 Å². The molecular weight excluding hydrogens is 272 g/mol. The zero-order valence-corrected chi connectivity index (χ0v) is 11.8. The van der Waals surface area contributed by atoms with Crippen molar-refractivity contribution in [3.05, 3.63) is 42.5 Å². The Morgan fingerprint density at radius 2 is 1.85 bits per heavy atom. The van der Waals surface area contributed by atoms with Gasteiger partial charge in [-0.2, -0.15) is 0 Å². The summed E-state index contributed by atoms with van der Waals surface area (Å²) < 4.78 is 12.3. The van der Waals surface area contributed by atoms with E-state index in [9.17, 15) is 0 Å². The first-order valence-electron chi connectivity index (χ1n) is 6.32. The molecule has 0 spiro atoms. The summed E-state index contributed by atoms with van der Waals surface area (Å²) in [6, 6.07) is 13.3. The van der Waals surface area contributed by atoms with Crippen molar-refractivity contribution >= 4 is 26.7 Å². The van der Waals surface area contributed by atoms with Gasteiger partial charge in [0.2, 0.25) is 0 Å². The monoisotopic (exact) mass is 286 g/mol. The van der Waals surface area contributed by atoms with Crippen LogP contribution in [0.5, 0.6) is 17.2 Å². The van der Waals surface area contributed by atoms with Crippen LogP contribution in [-0.2, 0) is 0 Å². The fourth-order valence-corrected chi connectivity index (χ4v) is 2.67. The summed E-state index contributed by atoms with van der Waals surface area (Å²) in [5.74, 6) is 2.28. The summed E-state index contributed by atoms with van der Waals surface area (Å²) >= 11 is 1.45. The molecule has 0 amide bonds. The number of nitrogens with zero attached hydrogens (tertiary/aromatic N) is 1. The lowest BCUT2D eigenvalue weighted by Crippen LogP contribution is -1.91. The Balaban J connectivity index is 1.88. The summed E-state index contributed by atoms with van der Waals surface area (Å²) in [7, 11) is 0. The number of anilines is 1. The predicted molar refractivity (Wildman–Crippen MR) is 81.7 cm³/mol. The smallest absolute Gasteiger partial charge is 0.181 e. The van der Waals surface area contributed by atoms with E-state index in [1.165, 1.54) is 11.3 Å². The Bertz CT molecular complexity index is 722. The predicted octanol–water partition coefficient (Wildman–Crippen LogP) is 4.07. The zero-order valence-electron chi connectivity index (χ0n) is 11.0. The highest BCUT2D eigenvalue weighted by Crippen LogP contribution is 2.33. The van der Waals surface area contributed by atoms with Gasteiger partial charge in [-0.05, 0) is 43.3 Å². The molecule has 2 N–H and O–H groups in total. The molecule has 1 aromatic heterocycles. The molecule has 0 aliphatic rings. The Kier molecular flexibility index (Phi) is 3.43. The molecule has 3 rings (SSSR count). The summed E-state index contributed by atoms with van der Waals surface area (Å²) in [5.41, 5.74) is 6.54. The number of rotatable bonds is 4. The van der Waals surface area contributed by atoms with Crippen molar-refractivity contribution in [2.75, 3.05) is 12.3 Å². The van der Waals surface area contributed by atoms with E-state index in [-0.39, 0.29) is 0 Å². The molecule has 3 aromatic rings. The lowest BCUT2D eigenvalue weighted by atomic mass is 10.3. The lowest BCUT2D eigenvalue weighted by Gasteiger charge is -2.07. The summed E-state index contributed by atoms with van der Waals surface area (Å²) in [6.45, 7) is 2.61. The van der Waals surface area contributed by atoms with Crippen molar-refractivity contribution in [1.29, 1.82) is 0 Å². The number of nitrogens with two attached hydrogens (primary N) is 1. The quantitative estimate of drug-likeness (QED) is 0.785. The van der Waals surface area contributed by atoms with Crippen LogP contribution in [-0.4, -0.2) is 11.6 Å². The van der Waals surface area contributed by atoms with Gasteiger partial charge in [0.15, 0.2) is 10.9 Å². The van der Waals surface area contributed by atoms with Crippen molar-refractivity contribution in [2.24, 2.45) is 0 Å². The maximum atomic E-state index is 5.87. The van der Waals surface area contributed by atoms with Crippen LogP contribution in [0.25, 0.3) is 10.2 Å². The highest BCUT2D eigenvalue weighted by molar-refractivity contribution is 7.22. The SMILES string of the molecule is CCOc1ccc(Oc2cccc3sc(N)nc23)cc1. The summed E-state index contributed by atoms with van der Waals surface area (Å²) in [4.78, 5) is 4.30. The van der Waals surface area contributed by atoms with Crippen molar-refractivity contribution in [3.63, 3.8) is 0 Å². The number of hydrogen-bond acceptors (Lipinski definition) is 5. The summed E-state index contributed by atoms with van der Waals surface area (Å²) in [6.07, 6.45) is 0. The van der Waals surface area contributed by atoms with Crippen LogP contribution >= 0.6 is 11.3 Å². The van der Waals surface area contributed by atoms with Crippen LogP contribution in [0.4, 0.5) is 5.13 Å². The largest absolute Gasteiger partial charge is 0.494 e. The molecule has 0 saturated carbocycles. The lowest BCUT2D eigenvalue weighted by molar-refractivity contribution is 0.339. The fraction of sp³-hybridized carbons (Fsp3) is 0.133. The standard InChI is InChI=1S/C15H14N2O2S/c1-2-18-10-6-8-11(9-7-10)19-12-4-3-5-13-14(12)17-15(16)20-13/h3-9H,2H2,1H3,(H2,16,17). The molecular formula is C15H14N2O2S. The zero-order chi connectivity index (χ0) is 13.9. The second kappa shape index (κ2) is 5.38. The van der Waals surface area contributed by atoms with Gasteiger partial charge in [-0.15, -0.1) is 0 Å². The number of para-hydroxylation sites is 1. The number of benzene rings is 2. The minimum Gasteiger partial charge on any atom is -0.494 e. The Morgan fingerprint density at radius 1 is 1.10 bits per heavy atom. The van der Waals surface area contributed by atoms with Gasteiger partial charge in [-0.1, -0.05) is 17.4 Å². The van der Waals surface area contributed by atoms with Crippen molar-refractivity contribution in [1.82, 2.24) is 4.98 Å². The fourth-order valence-electron chi connectivity index (χ4n) is 1.92. The van der Waals surface area contributed by atoms with Crippen LogP contribution < -0.4 is 15.2 Å². The number of nitrogen functional groups attached to an aromatic ring is 1. The molecule has 0 fully saturated rings. The van der Waals surface area contributed by atoms with Gasteiger partial charge in [0, 0.05) is 0 Å².